The molecule has 1 rings (SSSR count). The number of unbranched alkanes of at least 4 members (excludes halogenated alkanes) is 2. The summed E-state index contributed by atoms with van der Waals surface area (Å²) in [6.07, 6.45) is 2.52. The summed E-state index contributed by atoms with van der Waals surface area (Å²) in [4.78, 5) is 13.5. The molecule has 0 heterocycles. The summed E-state index contributed by atoms with van der Waals surface area (Å²) in [5.74, 6) is 0.284. The van der Waals surface area contributed by atoms with E-state index in [1.54, 1.807) is 30.1 Å². The zero-order valence-corrected chi connectivity index (χ0v) is 13.0. The van der Waals surface area contributed by atoms with E-state index >= 15 is 0 Å². The average molecular weight is 320 g/mol. The lowest BCUT2D eigenvalue weighted by atomic mass is 10.2. The molecule has 0 fully saturated rings. The lowest BCUT2D eigenvalue weighted by Crippen LogP contribution is -2.32. The third-order valence-corrected chi connectivity index (χ3v) is 3.37. The van der Waals surface area contributed by atoms with E-state index in [0.717, 1.165) is 19.3 Å². The molecule has 1 aromatic rings. The van der Waals surface area contributed by atoms with E-state index in [1.165, 1.54) is 0 Å². The lowest BCUT2D eigenvalue weighted by molar-refractivity contribution is -0.132. The van der Waals surface area contributed by atoms with Gasteiger partial charge in [0.05, 0.1) is 5.02 Å². The maximum Gasteiger partial charge on any atom is 0.260 e. The maximum atomic E-state index is 11.9. The van der Waals surface area contributed by atoms with E-state index in [4.69, 9.17) is 33.0 Å². The topological polar surface area (TPSA) is 49.8 Å². The number of amides is 1. The molecular formula is C14H19Cl2NO3. The Morgan fingerprint density at radius 3 is 2.75 bits per heavy atom. The Morgan fingerprint density at radius 2 is 2.05 bits per heavy atom. The van der Waals surface area contributed by atoms with Crippen LogP contribution in [-0.4, -0.2) is 42.7 Å². The van der Waals surface area contributed by atoms with Crippen LogP contribution in [-0.2, 0) is 4.79 Å². The van der Waals surface area contributed by atoms with Crippen molar-refractivity contribution in [2.75, 3.05) is 26.8 Å². The molecule has 1 N–H and O–H groups in total. The van der Waals surface area contributed by atoms with E-state index in [1.807, 2.05) is 0 Å². The van der Waals surface area contributed by atoms with Gasteiger partial charge in [0.1, 0.15) is 5.75 Å². The van der Waals surface area contributed by atoms with Crippen LogP contribution in [0, 0.1) is 0 Å². The van der Waals surface area contributed by atoms with Crippen molar-refractivity contribution in [3.8, 4) is 5.75 Å². The molecule has 0 atom stereocenters. The van der Waals surface area contributed by atoms with Crippen LogP contribution in [0.5, 0.6) is 5.75 Å². The molecule has 0 unspecified atom stereocenters. The Balaban J connectivity index is 2.36. The zero-order chi connectivity index (χ0) is 15.0. The Bertz CT molecular complexity index is 440. The highest BCUT2D eigenvalue weighted by molar-refractivity contribution is 6.34. The minimum Gasteiger partial charge on any atom is -0.482 e. The molecule has 0 aliphatic rings. The Morgan fingerprint density at radius 1 is 1.30 bits per heavy atom. The number of hydrogen-bond acceptors (Lipinski definition) is 3. The fraction of sp³-hybridized carbons (Fsp3) is 0.500. The largest absolute Gasteiger partial charge is 0.482 e. The second-order valence-corrected chi connectivity index (χ2v) is 5.31. The van der Waals surface area contributed by atoms with Gasteiger partial charge >= 0.3 is 0 Å². The van der Waals surface area contributed by atoms with Gasteiger partial charge in [-0.3, -0.25) is 4.79 Å². The monoisotopic (exact) mass is 319 g/mol. The third kappa shape index (κ3) is 5.99. The number of benzene rings is 1. The van der Waals surface area contributed by atoms with Crippen molar-refractivity contribution in [3.63, 3.8) is 0 Å². The van der Waals surface area contributed by atoms with Crippen molar-refractivity contribution in [2.45, 2.75) is 19.3 Å². The van der Waals surface area contributed by atoms with Crippen molar-refractivity contribution in [1.29, 1.82) is 0 Å². The van der Waals surface area contributed by atoms with Gasteiger partial charge in [-0.1, -0.05) is 23.2 Å². The van der Waals surface area contributed by atoms with Gasteiger partial charge in [0.25, 0.3) is 5.91 Å². The van der Waals surface area contributed by atoms with Gasteiger partial charge in [-0.15, -0.1) is 0 Å². The van der Waals surface area contributed by atoms with Gasteiger partial charge in [-0.2, -0.15) is 0 Å². The first-order valence-electron chi connectivity index (χ1n) is 6.47. The van der Waals surface area contributed by atoms with Gasteiger partial charge in [0.15, 0.2) is 6.61 Å². The van der Waals surface area contributed by atoms with Crippen LogP contribution in [0.2, 0.25) is 10.0 Å². The van der Waals surface area contributed by atoms with E-state index in [2.05, 4.69) is 0 Å². The van der Waals surface area contributed by atoms with E-state index in [9.17, 15) is 4.79 Å². The molecule has 0 saturated carbocycles. The van der Waals surface area contributed by atoms with E-state index in [0.29, 0.717) is 22.3 Å². The number of halogens is 2. The highest BCUT2D eigenvalue weighted by Gasteiger charge is 2.10. The molecule has 4 nitrogen and oxygen atoms in total. The molecule has 0 aliphatic heterocycles. The summed E-state index contributed by atoms with van der Waals surface area (Å²) in [6.45, 7) is 0.760. The van der Waals surface area contributed by atoms with Crippen LogP contribution < -0.4 is 4.74 Å². The van der Waals surface area contributed by atoms with Gasteiger partial charge in [-0.05, 0) is 31.4 Å². The van der Waals surface area contributed by atoms with Crippen LogP contribution in [0.1, 0.15) is 19.3 Å². The number of carbonyl (C=O) groups is 1. The average Bonchev–Trinajstić information content (AvgIpc) is 2.44. The Labute approximate surface area is 129 Å². The second-order valence-electron chi connectivity index (χ2n) is 4.46. The molecule has 0 bridgehead atoms. The normalized spacial score (nSPS) is 10.4. The van der Waals surface area contributed by atoms with Crippen LogP contribution >= 0.6 is 23.2 Å². The molecular weight excluding hydrogens is 301 g/mol. The van der Waals surface area contributed by atoms with Crippen molar-refractivity contribution >= 4 is 29.1 Å². The van der Waals surface area contributed by atoms with Crippen molar-refractivity contribution in [3.05, 3.63) is 28.2 Å². The summed E-state index contributed by atoms with van der Waals surface area (Å²) < 4.78 is 5.38. The first-order chi connectivity index (χ1) is 9.54. The summed E-state index contributed by atoms with van der Waals surface area (Å²) >= 11 is 11.8. The molecule has 0 aromatic heterocycles. The smallest absolute Gasteiger partial charge is 0.260 e. The highest BCUT2D eigenvalue weighted by Crippen LogP contribution is 2.27. The number of aliphatic hydroxyl groups is 1. The van der Waals surface area contributed by atoms with Gasteiger partial charge in [0.2, 0.25) is 0 Å². The molecule has 112 valence electrons. The van der Waals surface area contributed by atoms with Crippen molar-refractivity contribution < 1.29 is 14.6 Å². The number of nitrogens with zero attached hydrogens (tertiary/aromatic N) is 1. The Kier molecular flexibility index (Phi) is 7.73. The quantitative estimate of drug-likeness (QED) is 0.749. The number of hydrogen-bond donors (Lipinski definition) is 1. The van der Waals surface area contributed by atoms with E-state index in [-0.39, 0.29) is 19.1 Å². The van der Waals surface area contributed by atoms with Crippen LogP contribution in [0.15, 0.2) is 18.2 Å². The SMILES string of the molecule is CN(CCCCCO)C(=O)COc1cc(Cl)ccc1Cl. The number of aliphatic hydroxyl groups excluding tert-OH is 1. The van der Waals surface area contributed by atoms with Crippen molar-refractivity contribution in [1.82, 2.24) is 4.90 Å². The van der Waals surface area contributed by atoms with Crippen molar-refractivity contribution in [2.24, 2.45) is 0 Å². The fourth-order valence-corrected chi connectivity index (χ4v) is 1.93. The number of likely N-dealkylation sites (N-methyl/N-ethyl adjacent to an activating group) is 1. The molecule has 0 spiro atoms. The van der Waals surface area contributed by atoms with Crippen LogP contribution in [0.25, 0.3) is 0 Å². The third-order valence-electron chi connectivity index (χ3n) is 2.82. The minimum absolute atomic E-state index is 0.0729. The molecule has 0 radical (unpaired) electrons. The van der Waals surface area contributed by atoms with Gasteiger partial charge < -0.3 is 14.7 Å². The predicted octanol–water partition coefficient (Wildman–Crippen LogP) is 2.99. The summed E-state index contributed by atoms with van der Waals surface area (Å²) in [5, 5.41) is 9.61. The first kappa shape index (κ1) is 17.1. The number of rotatable bonds is 8. The van der Waals surface area contributed by atoms with E-state index < -0.39 is 0 Å². The molecule has 20 heavy (non-hydrogen) atoms. The molecule has 6 heteroatoms. The second kappa shape index (κ2) is 9.06. The Hall–Kier alpha value is -0.970. The molecule has 0 aliphatic carbocycles. The number of ether oxygens (including phenoxy) is 1. The fourth-order valence-electron chi connectivity index (χ4n) is 1.60. The lowest BCUT2D eigenvalue weighted by Gasteiger charge is -2.17. The van der Waals surface area contributed by atoms with Crippen LogP contribution in [0.4, 0.5) is 0 Å². The standard InChI is InChI=1S/C14H19Cl2NO3/c1-17(7-3-2-4-8-18)14(19)10-20-13-9-11(15)5-6-12(13)16/h5-6,9,18H,2-4,7-8,10H2,1H3. The summed E-state index contributed by atoms with van der Waals surface area (Å²) in [5.41, 5.74) is 0. The zero-order valence-electron chi connectivity index (χ0n) is 11.4. The molecule has 0 saturated heterocycles. The van der Waals surface area contributed by atoms with Crippen LogP contribution in [0.3, 0.4) is 0 Å². The highest BCUT2D eigenvalue weighted by atomic mass is 35.5. The molecule has 1 aromatic carbocycles. The number of carbonyl (C=O) groups excluding carboxylic acids is 1. The summed E-state index contributed by atoms with van der Waals surface area (Å²) in [7, 11) is 1.73. The summed E-state index contributed by atoms with van der Waals surface area (Å²) in [6, 6.07) is 4.87. The van der Waals surface area contributed by atoms with Gasteiger partial charge in [0, 0.05) is 31.3 Å². The molecule has 1 amide bonds. The van der Waals surface area contributed by atoms with Gasteiger partial charge in [-0.25, -0.2) is 0 Å². The maximum absolute atomic E-state index is 11.9. The first-order valence-corrected chi connectivity index (χ1v) is 7.23. The predicted molar refractivity (Wildman–Crippen MR) is 80.5 cm³/mol. The minimum atomic E-state index is -0.120.